The molecule has 30 heavy (non-hydrogen) atoms. The second-order valence-corrected chi connectivity index (χ2v) is 6.53. The molecule has 1 fully saturated rings. The SMILES string of the molecule is CCOc1cc(/C=C2/C(=O)NC(=O)N(c3ccc(C)cc3)C2=O)ccc1OC(C)=O. The number of barbiturate groups is 1. The molecule has 1 N–H and O–H groups in total. The summed E-state index contributed by atoms with van der Waals surface area (Å²) in [6.45, 7) is 5.24. The molecule has 154 valence electrons. The molecule has 4 amide bonds. The Kier molecular flexibility index (Phi) is 5.96. The highest BCUT2D eigenvalue weighted by atomic mass is 16.6. The fraction of sp³-hybridized carbons (Fsp3) is 0.182. The molecule has 2 aromatic rings. The van der Waals surface area contributed by atoms with E-state index in [1.807, 2.05) is 6.92 Å². The van der Waals surface area contributed by atoms with Gasteiger partial charge in [-0.25, -0.2) is 9.69 Å². The van der Waals surface area contributed by atoms with Crippen molar-refractivity contribution < 1.29 is 28.7 Å². The lowest BCUT2D eigenvalue weighted by atomic mass is 10.1. The number of carbonyl (C=O) groups is 4. The summed E-state index contributed by atoms with van der Waals surface area (Å²) in [7, 11) is 0. The Morgan fingerprint density at radius 2 is 1.77 bits per heavy atom. The number of nitrogens with zero attached hydrogens (tertiary/aromatic N) is 1. The highest BCUT2D eigenvalue weighted by Crippen LogP contribution is 2.30. The van der Waals surface area contributed by atoms with Gasteiger partial charge in [-0.1, -0.05) is 23.8 Å². The van der Waals surface area contributed by atoms with Gasteiger partial charge in [0.05, 0.1) is 12.3 Å². The van der Waals surface area contributed by atoms with E-state index < -0.39 is 23.8 Å². The molecule has 0 bridgehead atoms. The lowest BCUT2D eigenvalue weighted by Crippen LogP contribution is -2.54. The third-order valence-corrected chi connectivity index (χ3v) is 4.23. The predicted octanol–water partition coefficient (Wildman–Crippen LogP) is 2.99. The molecular weight excluding hydrogens is 388 g/mol. The second kappa shape index (κ2) is 8.60. The van der Waals surface area contributed by atoms with E-state index >= 15 is 0 Å². The van der Waals surface area contributed by atoms with Gasteiger partial charge < -0.3 is 9.47 Å². The first-order chi connectivity index (χ1) is 14.3. The first kappa shape index (κ1) is 20.8. The largest absolute Gasteiger partial charge is 0.490 e. The number of benzene rings is 2. The van der Waals surface area contributed by atoms with Crippen molar-refractivity contribution >= 4 is 35.6 Å². The van der Waals surface area contributed by atoms with Crippen LogP contribution in [0.4, 0.5) is 10.5 Å². The van der Waals surface area contributed by atoms with Crippen LogP contribution in [0.25, 0.3) is 6.08 Å². The molecule has 0 spiro atoms. The molecule has 0 aromatic heterocycles. The third-order valence-electron chi connectivity index (χ3n) is 4.23. The Bertz CT molecular complexity index is 1060. The second-order valence-electron chi connectivity index (χ2n) is 6.53. The maximum Gasteiger partial charge on any atom is 0.335 e. The molecule has 1 aliphatic rings. The maximum absolute atomic E-state index is 12.9. The molecule has 8 heteroatoms. The van der Waals surface area contributed by atoms with Gasteiger partial charge in [0.15, 0.2) is 11.5 Å². The fourth-order valence-electron chi connectivity index (χ4n) is 2.87. The first-order valence-electron chi connectivity index (χ1n) is 9.23. The van der Waals surface area contributed by atoms with Crippen LogP contribution in [0, 0.1) is 6.92 Å². The normalized spacial score (nSPS) is 15.2. The van der Waals surface area contributed by atoms with Crippen molar-refractivity contribution in [3.05, 3.63) is 59.2 Å². The lowest BCUT2D eigenvalue weighted by Gasteiger charge is -2.26. The zero-order valence-electron chi connectivity index (χ0n) is 16.7. The summed E-state index contributed by atoms with van der Waals surface area (Å²) >= 11 is 0. The summed E-state index contributed by atoms with van der Waals surface area (Å²) in [5.74, 6) is -1.53. The summed E-state index contributed by atoms with van der Waals surface area (Å²) in [5, 5.41) is 2.18. The van der Waals surface area contributed by atoms with Gasteiger partial charge in [-0.15, -0.1) is 0 Å². The molecule has 8 nitrogen and oxygen atoms in total. The van der Waals surface area contributed by atoms with Gasteiger partial charge in [0.1, 0.15) is 5.57 Å². The number of carbonyl (C=O) groups excluding carboxylic acids is 4. The van der Waals surface area contributed by atoms with E-state index in [-0.39, 0.29) is 17.1 Å². The van der Waals surface area contributed by atoms with E-state index in [1.165, 1.54) is 19.1 Å². The molecule has 0 unspecified atom stereocenters. The Balaban J connectivity index is 1.98. The van der Waals surface area contributed by atoms with Crippen LogP contribution in [-0.2, 0) is 14.4 Å². The van der Waals surface area contributed by atoms with Gasteiger partial charge in [-0.05, 0) is 49.8 Å². The van der Waals surface area contributed by atoms with Gasteiger partial charge in [0.25, 0.3) is 11.8 Å². The maximum atomic E-state index is 12.9. The zero-order chi connectivity index (χ0) is 21.8. The highest BCUT2D eigenvalue weighted by Gasteiger charge is 2.36. The first-order valence-corrected chi connectivity index (χ1v) is 9.23. The van der Waals surface area contributed by atoms with Crippen molar-refractivity contribution in [3.8, 4) is 11.5 Å². The topological polar surface area (TPSA) is 102 Å². The van der Waals surface area contributed by atoms with Crippen molar-refractivity contribution in [1.82, 2.24) is 5.32 Å². The molecule has 0 aliphatic carbocycles. The number of esters is 1. The van der Waals surface area contributed by atoms with Gasteiger partial charge in [-0.3, -0.25) is 19.7 Å². The molecule has 1 aliphatic heterocycles. The van der Waals surface area contributed by atoms with E-state index in [4.69, 9.17) is 9.47 Å². The highest BCUT2D eigenvalue weighted by molar-refractivity contribution is 6.39. The summed E-state index contributed by atoms with van der Waals surface area (Å²) in [4.78, 5) is 49.7. The van der Waals surface area contributed by atoms with Crippen molar-refractivity contribution in [2.45, 2.75) is 20.8 Å². The molecule has 3 rings (SSSR count). The van der Waals surface area contributed by atoms with Crippen LogP contribution in [0.3, 0.4) is 0 Å². The lowest BCUT2D eigenvalue weighted by molar-refractivity contribution is -0.132. The minimum Gasteiger partial charge on any atom is -0.490 e. The standard InChI is InChI=1S/C22H20N2O6/c1-4-29-19-12-15(7-10-18(19)30-14(3)25)11-17-20(26)23-22(28)24(21(17)27)16-8-5-13(2)6-9-16/h5-12H,4H2,1-3H3,(H,23,26,28)/b17-11-. The summed E-state index contributed by atoms with van der Waals surface area (Å²) in [6.07, 6.45) is 1.35. The van der Waals surface area contributed by atoms with E-state index in [0.717, 1.165) is 10.5 Å². The Morgan fingerprint density at radius 1 is 1.07 bits per heavy atom. The van der Waals surface area contributed by atoms with Crippen molar-refractivity contribution in [2.75, 3.05) is 11.5 Å². The summed E-state index contributed by atoms with van der Waals surface area (Å²) in [6, 6.07) is 10.6. The van der Waals surface area contributed by atoms with Gasteiger partial charge in [0, 0.05) is 6.92 Å². The smallest absolute Gasteiger partial charge is 0.335 e. The monoisotopic (exact) mass is 408 g/mol. The van der Waals surface area contributed by atoms with E-state index in [1.54, 1.807) is 43.3 Å². The average Bonchev–Trinajstić information content (AvgIpc) is 2.68. The number of aryl methyl sites for hydroxylation is 1. The number of urea groups is 1. The van der Waals surface area contributed by atoms with Crippen LogP contribution in [0.1, 0.15) is 25.0 Å². The number of amides is 4. The molecule has 2 aromatic carbocycles. The van der Waals surface area contributed by atoms with Crippen LogP contribution in [0.15, 0.2) is 48.0 Å². The minimum atomic E-state index is -0.814. The van der Waals surface area contributed by atoms with Crippen LogP contribution in [0.5, 0.6) is 11.5 Å². The third kappa shape index (κ3) is 4.38. The van der Waals surface area contributed by atoms with Crippen molar-refractivity contribution in [1.29, 1.82) is 0 Å². The number of hydrogen-bond donors (Lipinski definition) is 1. The number of nitrogens with one attached hydrogen (secondary N) is 1. The molecule has 1 saturated heterocycles. The molecule has 1 heterocycles. The van der Waals surface area contributed by atoms with Crippen LogP contribution >= 0.6 is 0 Å². The number of ether oxygens (including phenoxy) is 2. The molecular formula is C22H20N2O6. The number of imide groups is 2. The average molecular weight is 408 g/mol. The Hall–Kier alpha value is -3.94. The number of anilines is 1. The van der Waals surface area contributed by atoms with Gasteiger partial charge >= 0.3 is 12.0 Å². The fourth-order valence-corrected chi connectivity index (χ4v) is 2.87. The summed E-state index contributed by atoms with van der Waals surface area (Å²) < 4.78 is 10.6. The molecule has 0 atom stereocenters. The molecule has 0 saturated carbocycles. The van der Waals surface area contributed by atoms with Crippen LogP contribution < -0.4 is 19.7 Å². The zero-order valence-corrected chi connectivity index (χ0v) is 16.7. The van der Waals surface area contributed by atoms with Crippen molar-refractivity contribution in [2.24, 2.45) is 0 Å². The van der Waals surface area contributed by atoms with E-state index in [9.17, 15) is 19.2 Å². The van der Waals surface area contributed by atoms with Crippen molar-refractivity contribution in [3.63, 3.8) is 0 Å². The quantitative estimate of drug-likeness (QED) is 0.353. The summed E-state index contributed by atoms with van der Waals surface area (Å²) in [5.41, 5.74) is 1.57. The minimum absolute atomic E-state index is 0.210. The van der Waals surface area contributed by atoms with E-state index in [2.05, 4.69) is 5.32 Å². The van der Waals surface area contributed by atoms with Crippen LogP contribution in [-0.4, -0.2) is 30.4 Å². The van der Waals surface area contributed by atoms with E-state index in [0.29, 0.717) is 17.9 Å². The predicted molar refractivity (Wildman–Crippen MR) is 109 cm³/mol. The van der Waals surface area contributed by atoms with Gasteiger partial charge in [-0.2, -0.15) is 0 Å². The Morgan fingerprint density at radius 3 is 2.40 bits per heavy atom. The number of hydrogen-bond acceptors (Lipinski definition) is 6. The van der Waals surface area contributed by atoms with Crippen LogP contribution in [0.2, 0.25) is 0 Å². The molecule has 0 radical (unpaired) electrons. The Labute approximate surface area is 173 Å². The number of rotatable bonds is 5. The van der Waals surface area contributed by atoms with Gasteiger partial charge in [0.2, 0.25) is 0 Å².